The topological polar surface area (TPSA) is 12.9 Å². The van der Waals surface area contributed by atoms with Crippen LogP contribution in [-0.4, -0.2) is 4.98 Å². The second-order valence-corrected chi connectivity index (χ2v) is 13.3. The van der Waals surface area contributed by atoms with Crippen molar-refractivity contribution in [2.75, 3.05) is 0 Å². The quantitative estimate of drug-likeness (QED) is 0.138. The molecule has 0 aliphatic rings. The van der Waals surface area contributed by atoms with Crippen molar-refractivity contribution in [2.24, 2.45) is 0 Å². The summed E-state index contributed by atoms with van der Waals surface area (Å²) in [6, 6.07) is 55.8. The zero-order valence-electron chi connectivity index (χ0n) is 29.0. The van der Waals surface area contributed by atoms with Crippen LogP contribution in [0.2, 0.25) is 0 Å². The summed E-state index contributed by atoms with van der Waals surface area (Å²) in [4.78, 5) is 5.15. The minimum atomic E-state index is 0.489. The molecule has 6 aromatic carbocycles. The Morgan fingerprint density at radius 1 is 0.469 bits per heavy atom. The maximum atomic E-state index is 5.15. The highest BCUT2D eigenvalue weighted by Crippen LogP contribution is 2.38. The largest absolute Gasteiger partial charge is 0.248 e. The van der Waals surface area contributed by atoms with Crippen LogP contribution in [0.5, 0.6) is 0 Å². The third-order valence-electron chi connectivity index (χ3n) is 10.0. The number of fused-ring (bicyclic) bond motifs is 1. The van der Waals surface area contributed by atoms with Crippen LogP contribution in [0.15, 0.2) is 152 Å². The van der Waals surface area contributed by atoms with Crippen molar-refractivity contribution in [3.8, 4) is 55.8 Å². The van der Waals surface area contributed by atoms with E-state index in [4.69, 9.17) is 4.98 Å². The average Bonchev–Trinajstić information content (AvgIpc) is 3.18. The molecule has 0 fully saturated rings. The van der Waals surface area contributed by atoms with E-state index in [1.165, 1.54) is 79.4 Å². The SMILES string of the molecule is CCCCc1ccc(-c2cc(-c3ccccc3)cc(-c3cccc(-c4ccc(C(CC)CC)c(-c5ccc6ccccc6n5)c4)c3)c2)cc1. The summed E-state index contributed by atoms with van der Waals surface area (Å²) < 4.78 is 0. The average molecular weight is 636 g/mol. The Hall–Kier alpha value is -5.27. The molecule has 7 aromatic rings. The summed E-state index contributed by atoms with van der Waals surface area (Å²) in [5.41, 5.74) is 15.9. The molecule has 0 atom stereocenters. The van der Waals surface area contributed by atoms with Gasteiger partial charge in [-0.2, -0.15) is 0 Å². The van der Waals surface area contributed by atoms with E-state index in [1.807, 2.05) is 0 Å². The second kappa shape index (κ2) is 14.9. The normalized spacial score (nSPS) is 11.3. The lowest BCUT2D eigenvalue weighted by Crippen LogP contribution is -2.00. The second-order valence-electron chi connectivity index (χ2n) is 13.3. The van der Waals surface area contributed by atoms with Crippen molar-refractivity contribution in [3.05, 3.63) is 163 Å². The van der Waals surface area contributed by atoms with E-state index in [0.29, 0.717) is 5.92 Å². The van der Waals surface area contributed by atoms with E-state index in [9.17, 15) is 0 Å². The fourth-order valence-electron chi connectivity index (χ4n) is 7.14. The highest BCUT2D eigenvalue weighted by atomic mass is 14.7. The Labute approximate surface area is 292 Å². The molecule has 0 unspecified atom stereocenters. The molecule has 0 N–H and O–H groups in total. The summed E-state index contributed by atoms with van der Waals surface area (Å²) in [6.07, 6.45) is 5.79. The first-order chi connectivity index (χ1) is 24.1. The fourth-order valence-corrected chi connectivity index (χ4v) is 7.14. The van der Waals surface area contributed by atoms with Crippen molar-refractivity contribution in [1.29, 1.82) is 0 Å². The first kappa shape index (κ1) is 32.3. The highest BCUT2D eigenvalue weighted by molar-refractivity contribution is 5.85. The number of unbranched alkanes of at least 4 members (excludes halogenated alkanes) is 1. The number of hydrogen-bond acceptors (Lipinski definition) is 1. The molecule has 1 nitrogen and oxygen atoms in total. The molecule has 0 saturated carbocycles. The molecule has 0 amide bonds. The first-order valence-corrected chi connectivity index (χ1v) is 18.0. The Kier molecular flexibility index (Phi) is 9.80. The molecule has 0 radical (unpaired) electrons. The van der Waals surface area contributed by atoms with Crippen LogP contribution in [-0.2, 0) is 6.42 Å². The van der Waals surface area contributed by atoms with Gasteiger partial charge in [-0.15, -0.1) is 0 Å². The van der Waals surface area contributed by atoms with E-state index in [1.54, 1.807) is 0 Å². The van der Waals surface area contributed by atoms with Gasteiger partial charge in [0.2, 0.25) is 0 Å². The number of aryl methyl sites for hydroxylation is 1. The standard InChI is InChI=1S/C48H45N/c1-4-7-14-34-21-23-37(24-22-34)43-30-42(36-15-9-8-10-16-36)31-44(32-43)40-19-13-18-39(29-40)41-25-27-45(35(5-2)6-3)46(33-41)48-28-26-38-17-11-12-20-47(38)49-48/h8-13,15-33,35H,4-7,14H2,1-3H3. The predicted molar refractivity (Wildman–Crippen MR) is 211 cm³/mol. The van der Waals surface area contributed by atoms with Crippen LogP contribution in [0.3, 0.4) is 0 Å². The first-order valence-electron chi connectivity index (χ1n) is 18.0. The third-order valence-corrected chi connectivity index (χ3v) is 10.0. The van der Waals surface area contributed by atoms with E-state index in [-0.39, 0.29) is 0 Å². The van der Waals surface area contributed by atoms with Gasteiger partial charge < -0.3 is 0 Å². The molecule has 242 valence electrons. The number of pyridine rings is 1. The van der Waals surface area contributed by atoms with E-state index in [0.717, 1.165) is 30.5 Å². The molecule has 49 heavy (non-hydrogen) atoms. The maximum Gasteiger partial charge on any atom is 0.0712 e. The lowest BCUT2D eigenvalue weighted by molar-refractivity contribution is 0.643. The van der Waals surface area contributed by atoms with E-state index in [2.05, 4.69) is 172 Å². The van der Waals surface area contributed by atoms with Gasteiger partial charge in [-0.25, -0.2) is 4.98 Å². The highest BCUT2D eigenvalue weighted by Gasteiger charge is 2.17. The molecule has 1 heterocycles. The number of nitrogens with zero attached hydrogens (tertiary/aromatic N) is 1. The van der Waals surface area contributed by atoms with Crippen molar-refractivity contribution in [2.45, 2.75) is 58.8 Å². The third kappa shape index (κ3) is 7.13. The Bertz CT molecular complexity index is 2170. The minimum Gasteiger partial charge on any atom is -0.248 e. The smallest absolute Gasteiger partial charge is 0.0712 e. The van der Waals surface area contributed by atoms with Crippen LogP contribution in [0.25, 0.3) is 66.7 Å². The molecule has 0 spiro atoms. The Morgan fingerprint density at radius 3 is 1.76 bits per heavy atom. The summed E-state index contributed by atoms with van der Waals surface area (Å²) in [5, 5.41) is 1.17. The van der Waals surface area contributed by atoms with Gasteiger partial charge in [0, 0.05) is 10.9 Å². The zero-order valence-corrected chi connectivity index (χ0v) is 29.0. The number of aromatic nitrogens is 1. The van der Waals surface area contributed by atoms with E-state index < -0.39 is 0 Å². The molecule has 1 heteroatoms. The van der Waals surface area contributed by atoms with Crippen molar-refractivity contribution in [1.82, 2.24) is 4.98 Å². The summed E-state index contributed by atoms with van der Waals surface area (Å²) in [6.45, 7) is 6.84. The number of para-hydroxylation sites is 1. The van der Waals surface area contributed by atoms with Crippen LogP contribution < -0.4 is 0 Å². The summed E-state index contributed by atoms with van der Waals surface area (Å²) in [7, 11) is 0. The number of benzene rings is 6. The van der Waals surface area contributed by atoms with E-state index >= 15 is 0 Å². The van der Waals surface area contributed by atoms with Gasteiger partial charge >= 0.3 is 0 Å². The number of hydrogen-bond donors (Lipinski definition) is 0. The van der Waals surface area contributed by atoms with Crippen LogP contribution in [0.1, 0.15) is 63.5 Å². The molecular weight excluding hydrogens is 591 g/mol. The van der Waals surface area contributed by atoms with Crippen molar-refractivity contribution >= 4 is 10.9 Å². The van der Waals surface area contributed by atoms with Crippen LogP contribution >= 0.6 is 0 Å². The fraction of sp³-hybridized carbons (Fsp3) is 0.188. The van der Waals surface area contributed by atoms with Crippen LogP contribution in [0.4, 0.5) is 0 Å². The van der Waals surface area contributed by atoms with Gasteiger partial charge in [-0.3, -0.25) is 0 Å². The van der Waals surface area contributed by atoms with Gasteiger partial charge in [0.25, 0.3) is 0 Å². The maximum absolute atomic E-state index is 5.15. The van der Waals surface area contributed by atoms with Gasteiger partial charge in [-0.1, -0.05) is 136 Å². The molecule has 0 aliphatic carbocycles. The monoisotopic (exact) mass is 635 g/mol. The molecule has 0 aliphatic heterocycles. The summed E-state index contributed by atoms with van der Waals surface area (Å²) in [5.74, 6) is 0.489. The molecule has 7 rings (SSSR count). The lowest BCUT2D eigenvalue weighted by atomic mass is 9.86. The molecule has 1 aromatic heterocycles. The van der Waals surface area contributed by atoms with Crippen molar-refractivity contribution in [3.63, 3.8) is 0 Å². The van der Waals surface area contributed by atoms with Gasteiger partial charge in [-0.05, 0) is 130 Å². The predicted octanol–water partition coefficient (Wildman–Crippen LogP) is 13.8. The van der Waals surface area contributed by atoms with Gasteiger partial charge in [0.05, 0.1) is 11.2 Å². The Morgan fingerprint density at radius 2 is 1.04 bits per heavy atom. The molecular formula is C48H45N. The lowest BCUT2D eigenvalue weighted by Gasteiger charge is -2.19. The van der Waals surface area contributed by atoms with Gasteiger partial charge in [0.15, 0.2) is 0 Å². The zero-order chi connectivity index (χ0) is 33.6. The Balaban J connectivity index is 1.31. The minimum absolute atomic E-state index is 0.489. The van der Waals surface area contributed by atoms with Gasteiger partial charge in [0.1, 0.15) is 0 Å². The summed E-state index contributed by atoms with van der Waals surface area (Å²) >= 11 is 0. The van der Waals surface area contributed by atoms with Crippen LogP contribution in [0, 0.1) is 0 Å². The molecule has 0 saturated heterocycles. The molecule has 0 bridgehead atoms. The number of rotatable bonds is 11. The van der Waals surface area contributed by atoms with Crippen molar-refractivity contribution < 1.29 is 0 Å².